The van der Waals surface area contributed by atoms with Gasteiger partial charge in [-0.25, -0.2) is 4.39 Å². The average molecular weight is 189 g/mol. The number of likely N-dealkylation sites (tertiary alicyclic amines) is 1. The second-order valence-corrected chi connectivity index (χ2v) is 4.31. The minimum atomic E-state index is -0.687. The standard InChI is InChI=1S/C10H20FNO/c1-8(2)10(13)7-12-5-3-4-9(11)6-12/h8-10,13H,3-7H2,1-2H3. The fraction of sp³-hybridized carbons (Fsp3) is 1.00. The summed E-state index contributed by atoms with van der Waals surface area (Å²) in [7, 11) is 0. The maximum atomic E-state index is 13.0. The number of aliphatic hydroxyl groups is 1. The van der Waals surface area contributed by atoms with E-state index in [-0.39, 0.29) is 12.0 Å². The highest BCUT2D eigenvalue weighted by atomic mass is 19.1. The summed E-state index contributed by atoms with van der Waals surface area (Å²) in [4.78, 5) is 2.03. The van der Waals surface area contributed by atoms with E-state index in [9.17, 15) is 9.50 Å². The summed E-state index contributed by atoms with van der Waals surface area (Å²) in [5, 5.41) is 9.60. The van der Waals surface area contributed by atoms with Crippen LogP contribution in [0.2, 0.25) is 0 Å². The molecule has 1 heterocycles. The summed E-state index contributed by atoms with van der Waals surface area (Å²) in [6.45, 7) is 6.04. The van der Waals surface area contributed by atoms with Crippen molar-refractivity contribution in [3.8, 4) is 0 Å². The van der Waals surface area contributed by atoms with Crippen LogP contribution in [0.25, 0.3) is 0 Å². The molecule has 0 aromatic carbocycles. The molecule has 1 fully saturated rings. The van der Waals surface area contributed by atoms with E-state index in [4.69, 9.17) is 0 Å². The summed E-state index contributed by atoms with van der Waals surface area (Å²) in [5.74, 6) is 0.264. The van der Waals surface area contributed by atoms with Gasteiger partial charge in [-0.1, -0.05) is 13.8 Å². The Morgan fingerprint density at radius 2 is 2.23 bits per heavy atom. The molecule has 1 aliphatic heterocycles. The number of hydrogen-bond acceptors (Lipinski definition) is 2. The lowest BCUT2D eigenvalue weighted by Crippen LogP contribution is -2.42. The van der Waals surface area contributed by atoms with Crippen molar-refractivity contribution >= 4 is 0 Å². The van der Waals surface area contributed by atoms with Gasteiger partial charge < -0.3 is 5.11 Å². The molecule has 2 atom stereocenters. The Balaban J connectivity index is 2.27. The quantitative estimate of drug-likeness (QED) is 0.726. The monoisotopic (exact) mass is 189 g/mol. The number of rotatable bonds is 3. The van der Waals surface area contributed by atoms with E-state index in [1.165, 1.54) is 0 Å². The van der Waals surface area contributed by atoms with E-state index in [2.05, 4.69) is 0 Å². The van der Waals surface area contributed by atoms with Crippen molar-refractivity contribution in [2.45, 2.75) is 39.0 Å². The van der Waals surface area contributed by atoms with Gasteiger partial charge in [0.1, 0.15) is 6.17 Å². The second kappa shape index (κ2) is 4.91. The zero-order valence-electron chi connectivity index (χ0n) is 8.54. The van der Waals surface area contributed by atoms with E-state index in [1.54, 1.807) is 0 Å². The summed E-state index contributed by atoms with van der Waals surface area (Å²) in [6, 6.07) is 0. The summed E-state index contributed by atoms with van der Waals surface area (Å²) < 4.78 is 13.0. The predicted octanol–water partition coefficient (Wildman–Crippen LogP) is 1.44. The van der Waals surface area contributed by atoms with Crippen LogP contribution < -0.4 is 0 Å². The fourth-order valence-electron chi connectivity index (χ4n) is 1.64. The van der Waals surface area contributed by atoms with E-state index in [0.717, 1.165) is 13.0 Å². The molecule has 0 aromatic heterocycles. The molecule has 3 heteroatoms. The van der Waals surface area contributed by atoms with Gasteiger partial charge >= 0.3 is 0 Å². The Hall–Kier alpha value is -0.150. The number of nitrogens with zero attached hydrogens (tertiary/aromatic N) is 1. The van der Waals surface area contributed by atoms with Gasteiger partial charge in [-0.15, -0.1) is 0 Å². The lowest BCUT2D eigenvalue weighted by Gasteiger charge is -2.31. The van der Waals surface area contributed by atoms with Crippen molar-refractivity contribution in [1.29, 1.82) is 0 Å². The number of hydrogen-bond donors (Lipinski definition) is 1. The highest BCUT2D eigenvalue weighted by Crippen LogP contribution is 2.14. The van der Waals surface area contributed by atoms with Gasteiger partial charge in [0.2, 0.25) is 0 Å². The molecule has 0 aromatic rings. The zero-order valence-corrected chi connectivity index (χ0v) is 8.54. The molecular weight excluding hydrogens is 169 g/mol. The molecule has 0 aliphatic carbocycles. The molecule has 13 heavy (non-hydrogen) atoms. The molecule has 0 bridgehead atoms. The molecule has 1 N–H and O–H groups in total. The highest BCUT2D eigenvalue weighted by Gasteiger charge is 2.21. The van der Waals surface area contributed by atoms with E-state index >= 15 is 0 Å². The Morgan fingerprint density at radius 1 is 1.54 bits per heavy atom. The van der Waals surface area contributed by atoms with Crippen molar-refractivity contribution in [3.05, 3.63) is 0 Å². The van der Waals surface area contributed by atoms with E-state index in [1.807, 2.05) is 18.7 Å². The Morgan fingerprint density at radius 3 is 2.77 bits per heavy atom. The van der Waals surface area contributed by atoms with Crippen LogP contribution in [0, 0.1) is 5.92 Å². The van der Waals surface area contributed by atoms with Crippen molar-refractivity contribution in [3.63, 3.8) is 0 Å². The topological polar surface area (TPSA) is 23.5 Å². The maximum absolute atomic E-state index is 13.0. The molecule has 1 saturated heterocycles. The average Bonchev–Trinajstić information content (AvgIpc) is 2.04. The molecule has 2 unspecified atom stereocenters. The maximum Gasteiger partial charge on any atom is 0.113 e. The lowest BCUT2D eigenvalue weighted by molar-refractivity contribution is 0.0498. The predicted molar refractivity (Wildman–Crippen MR) is 51.4 cm³/mol. The molecule has 78 valence electrons. The SMILES string of the molecule is CC(C)C(O)CN1CCCC(F)C1. The summed E-state index contributed by atoms with van der Waals surface area (Å²) in [6.07, 6.45) is 0.610. The molecule has 0 spiro atoms. The number of aliphatic hydroxyl groups excluding tert-OH is 1. The van der Waals surface area contributed by atoms with Crippen LogP contribution in [0.1, 0.15) is 26.7 Å². The third-order valence-electron chi connectivity index (χ3n) is 2.66. The van der Waals surface area contributed by atoms with Gasteiger partial charge in [-0.2, -0.15) is 0 Å². The third-order valence-corrected chi connectivity index (χ3v) is 2.66. The van der Waals surface area contributed by atoms with Gasteiger partial charge in [-0.05, 0) is 25.3 Å². The molecule has 0 radical (unpaired) electrons. The number of β-amino-alcohol motifs (C(OH)–C–C–N with tert-alkyl or cyclic N) is 1. The van der Waals surface area contributed by atoms with Crippen LogP contribution in [-0.2, 0) is 0 Å². The minimum absolute atomic E-state index is 0.264. The Labute approximate surface area is 79.7 Å². The van der Waals surface area contributed by atoms with Gasteiger partial charge in [-0.3, -0.25) is 4.90 Å². The van der Waals surface area contributed by atoms with Crippen molar-refractivity contribution in [2.75, 3.05) is 19.6 Å². The van der Waals surface area contributed by atoms with Crippen molar-refractivity contribution in [2.24, 2.45) is 5.92 Å². The smallest absolute Gasteiger partial charge is 0.113 e. The summed E-state index contributed by atoms with van der Waals surface area (Å²) >= 11 is 0. The first-order chi connectivity index (χ1) is 6.09. The largest absolute Gasteiger partial charge is 0.392 e. The van der Waals surface area contributed by atoms with Crippen molar-refractivity contribution in [1.82, 2.24) is 4.90 Å². The van der Waals surface area contributed by atoms with E-state index < -0.39 is 6.17 Å². The van der Waals surface area contributed by atoms with Gasteiger partial charge in [0.25, 0.3) is 0 Å². The van der Waals surface area contributed by atoms with Crippen LogP contribution in [0.5, 0.6) is 0 Å². The Bertz CT molecular complexity index is 152. The molecule has 1 aliphatic rings. The second-order valence-electron chi connectivity index (χ2n) is 4.31. The first-order valence-electron chi connectivity index (χ1n) is 5.14. The lowest BCUT2D eigenvalue weighted by atomic mass is 10.0. The minimum Gasteiger partial charge on any atom is -0.392 e. The van der Waals surface area contributed by atoms with Gasteiger partial charge in [0.15, 0.2) is 0 Å². The third kappa shape index (κ3) is 3.61. The number of piperidine rings is 1. The first kappa shape index (κ1) is 10.9. The van der Waals surface area contributed by atoms with Gasteiger partial charge in [0.05, 0.1) is 6.10 Å². The van der Waals surface area contributed by atoms with Crippen molar-refractivity contribution < 1.29 is 9.50 Å². The number of alkyl halides is 1. The van der Waals surface area contributed by atoms with Crippen LogP contribution >= 0.6 is 0 Å². The van der Waals surface area contributed by atoms with E-state index in [0.29, 0.717) is 19.5 Å². The summed E-state index contributed by atoms with van der Waals surface area (Å²) in [5.41, 5.74) is 0. The van der Waals surface area contributed by atoms with Gasteiger partial charge in [0, 0.05) is 13.1 Å². The van der Waals surface area contributed by atoms with Crippen LogP contribution in [0.3, 0.4) is 0 Å². The number of halogens is 1. The highest BCUT2D eigenvalue weighted by molar-refractivity contribution is 4.75. The van der Waals surface area contributed by atoms with Crippen LogP contribution in [0.4, 0.5) is 4.39 Å². The van der Waals surface area contributed by atoms with Crippen LogP contribution in [-0.4, -0.2) is 41.9 Å². The molecule has 0 saturated carbocycles. The zero-order chi connectivity index (χ0) is 9.84. The fourth-order valence-corrected chi connectivity index (χ4v) is 1.64. The van der Waals surface area contributed by atoms with Crippen LogP contribution in [0.15, 0.2) is 0 Å². The molecular formula is C10H20FNO. The Kier molecular flexibility index (Phi) is 4.13. The molecule has 1 rings (SSSR count). The first-order valence-corrected chi connectivity index (χ1v) is 5.14. The molecule has 2 nitrogen and oxygen atoms in total. The normalized spacial score (nSPS) is 27.9. The molecule has 0 amide bonds.